The zero-order chi connectivity index (χ0) is 50.6. The van der Waals surface area contributed by atoms with E-state index in [1.165, 1.54) is 110 Å². The van der Waals surface area contributed by atoms with E-state index in [0.29, 0.717) is 35.8 Å². The fourth-order valence-electron chi connectivity index (χ4n) is 10.8. The van der Waals surface area contributed by atoms with E-state index >= 15 is 0 Å². The van der Waals surface area contributed by atoms with Crippen molar-refractivity contribution < 1.29 is 72.9 Å². The highest BCUT2D eigenvalue weighted by atomic mass is 35.5. The highest BCUT2D eigenvalue weighted by Crippen LogP contribution is 2.39. The van der Waals surface area contributed by atoms with Crippen LogP contribution in [0.15, 0.2) is 44.8 Å². The molecule has 0 aliphatic carbocycles. The number of hydrogen-bond donors (Lipinski definition) is 4. The van der Waals surface area contributed by atoms with E-state index < -0.39 is 47.8 Å². The van der Waals surface area contributed by atoms with Crippen molar-refractivity contribution in [1.82, 2.24) is 9.44 Å². The maximum absolute atomic E-state index is 12.5. The molecule has 6 aliphatic rings. The van der Waals surface area contributed by atoms with Crippen LogP contribution in [0.5, 0.6) is 11.5 Å². The van der Waals surface area contributed by atoms with Gasteiger partial charge in [-0.15, -0.1) is 47.5 Å². The monoisotopic (exact) mass is 1160 g/mol. The number of sulfonamides is 2. The number of nitrogens with one attached hydrogen (secondary N) is 2. The third kappa shape index (κ3) is 15.3. The zero-order valence-corrected chi connectivity index (χ0v) is 47.7. The number of piperazine rings is 6. The molecule has 6 fully saturated rings. The van der Waals surface area contributed by atoms with Crippen molar-refractivity contribution in [2.45, 2.75) is 47.9 Å². The predicted octanol–water partition coefficient (Wildman–Crippen LogP) is 1.12. The summed E-state index contributed by atoms with van der Waals surface area (Å²) in [5.74, 6) is 1.35. The Hall–Kier alpha value is -1.58. The maximum atomic E-state index is 12.5. The zero-order valence-electron chi connectivity index (χ0n) is 41.0. The smallest absolute Gasteiger partial charge is 0.250 e. The molecule has 0 spiro atoms. The summed E-state index contributed by atoms with van der Waals surface area (Å²) >= 11 is 2.08. The third-order valence-electron chi connectivity index (χ3n) is 15.2. The van der Waals surface area contributed by atoms with Crippen LogP contribution in [-0.2, 0) is 29.2 Å². The van der Waals surface area contributed by atoms with Crippen molar-refractivity contribution in [3.8, 4) is 11.5 Å². The third-order valence-corrected chi connectivity index (χ3v) is 23.3. The molecule has 10 rings (SSSR count). The van der Waals surface area contributed by atoms with E-state index in [1.807, 2.05) is 45.8 Å². The molecule has 0 unspecified atom stereocenters. The van der Waals surface area contributed by atoms with Crippen molar-refractivity contribution in [2.24, 2.45) is 11.5 Å². The molecule has 0 atom stereocenters. The second-order valence-electron chi connectivity index (χ2n) is 19.8. The van der Waals surface area contributed by atoms with E-state index in [9.17, 15) is 45.5 Å². The Balaban J connectivity index is 0.000000260. The molecule has 0 amide bonds. The Morgan fingerprint density at radius 1 is 0.542 bits per heavy atom. The first-order chi connectivity index (χ1) is 32.9. The number of quaternary nitrogens is 4. The number of halogens is 2. The van der Waals surface area contributed by atoms with Crippen LogP contribution in [-0.4, -0.2) is 178 Å². The Kier molecular flexibility index (Phi) is 21.1. The lowest BCUT2D eigenvalue weighted by molar-refractivity contribution is -1.08. The largest absolute Gasteiger partial charge is 0.810 e. The number of thiophene rings is 2. The Bertz CT molecular complexity index is 2580. The number of nitrogens with two attached hydrogens (primary N) is 2. The Morgan fingerprint density at radius 3 is 1.11 bits per heavy atom. The number of nitrogens with zero attached hydrogens (tertiary/aromatic N) is 4. The van der Waals surface area contributed by atoms with E-state index in [4.69, 9.17) is 20.9 Å². The van der Waals surface area contributed by atoms with Crippen LogP contribution >= 0.6 is 62.7 Å². The van der Waals surface area contributed by atoms with Gasteiger partial charge in [0.25, 0.3) is 20.0 Å². The van der Waals surface area contributed by atoms with Crippen LogP contribution in [0.25, 0.3) is 20.2 Å². The highest BCUT2D eigenvalue weighted by molar-refractivity contribution is 7.92. The number of ether oxygens (including phenoxy) is 2. The molecule has 72 heavy (non-hydrogen) atoms. The summed E-state index contributed by atoms with van der Waals surface area (Å²) in [6, 6.07) is 10.9. The van der Waals surface area contributed by atoms with Crippen LogP contribution in [0.4, 0.5) is 0 Å². The number of hydrogen-bond acceptors (Lipinski definition) is 16. The fraction of sp³-hybridized carbons (Fsp3) is 0.636. The van der Waals surface area contributed by atoms with Gasteiger partial charge in [-0.1, -0.05) is 15.2 Å². The van der Waals surface area contributed by atoms with Crippen molar-refractivity contribution in [3.63, 3.8) is 0 Å². The van der Waals surface area contributed by atoms with Gasteiger partial charge in [-0.05, 0) is 74.5 Å². The number of benzene rings is 2. The van der Waals surface area contributed by atoms with Gasteiger partial charge in [0.15, 0.2) is 0 Å². The average Bonchev–Trinajstić information content (AvgIpc) is 3.86. The summed E-state index contributed by atoms with van der Waals surface area (Å²) in [5, 5.41) is 1.47. The van der Waals surface area contributed by atoms with Crippen molar-refractivity contribution in [1.29, 1.82) is 0 Å². The van der Waals surface area contributed by atoms with Gasteiger partial charge in [0.1, 0.15) is 98.5 Å². The molecule has 6 aliphatic heterocycles. The van der Waals surface area contributed by atoms with E-state index in [-0.39, 0.29) is 33.2 Å². The van der Waals surface area contributed by atoms with Gasteiger partial charge >= 0.3 is 0 Å². The van der Waals surface area contributed by atoms with Crippen molar-refractivity contribution >= 4 is 103 Å². The summed E-state index contributed by atoms with van der Waals surface area (Å²) in [6.45, 7) is 25.5. The SMILES string of the molecule is Cc1c(S(=O)(=O)NCP(=O)([O-])[O-])sc2ccc(OCCC[N+]34CC[N+](CCCN)(CC3)CC4)cc12.Cc1c(S(=O)(=O)NCP(=O)([O-])[O-])sc2ccc(OCCC[N+]34CC[N+](CCCN)(CC3)CC4)cc12.Cl.Cl. The van der Waals surface area contributed by atoms with Crippen LogP contribution in [0.2, 0.25) is 0 Å². The summed E-state index contributed by atoms with van der Waals surface area (Å²) in [7, 11) is -18.2. The van der Waals surface area contributed by atoms with E-state index in [1.54, 1.807) is 13.8 Å². The average molecular weight is 1170 g/mol. The number of fused-ring (bicyclic) bond motifs is 8. The molecule has 6 saturated heterocycles. The van der Waals surface area contributed by atoms with Crippen LogP contribution < -0.4 is 50.0 Å². The van der Waals surface area contributed by atoms with Gasteiger partial charge in [-0.3, -0.25) is 0 Å². The van der Waals surface area contributed by atoms with Crippen LogP contribution in [0, 0.1) is 13.8 Å². The van der Waals surface area contributed by atoms with Crippen molar-refractivity contribution in [3.05, 3.63) is 47.5 Å². The van der Waals surface area contributed by atoms with Crippen LogP contribution in [0.1, 0.15) is 36.8 Å². The molecular weight excluding hydrogens is 1090 g/mol. The molecule has 6 N–H and O–H groups in total. The topological polar surface area (TPSA) is 289 Å². The highest BCUT2D eigenvalue weighted by Gasteiger charge is 2.49. The van der Waals surface area contributed by atoms with Gasteiger partial charge in [0, 0.05) is 58.4 Å². The molecule has 4 aromatic rings. The predicted molar refractivity (Wildman–Crippen MR) is 280 cm³/mol. The summed E-state index contributed by atoms with van der Waals surface area (Å²) in [6.07, 6.45) is 1.83. The number of aryl methyl sites for hydroxylation is 2. The fourth-order valence-corrected chi connectivity index (χ4v) is 18.3. The van der Waals surface area contributed by atoms with Crippen molar-refractivity contribution in [2.75, 3.05) is 144 Å². The lowest BCUT2D eigenvalue weighted by atomic mass is 10.1. The van der Waals surface area contributed by atoms with Gasteiger partial charge in [-0.25, -0.2) is 26.3 Å². The summed E-state index contributed by atoms with van der Waals surface area (Å²) in [5.41, 5.74) is 12.5. The normalized spacial score (nSPS) is 24.1. The first-order valence-electron chi connectivity index (χ1n) is 24.1. The summed E-state index contributed by atoms with van der Waals surface area (Å²) < 4.78 is 93.9. The van der Waals surface area contributed by atoms with Gasteiger partial charge in [0.2, 0.25) is 0 Å². The lowest BCUT2D eigenvalue weighted by Gasteiger charge is -2.55. The quantitative estimate of drug-likeness (QED) is 0.0435. The second kappa shape index (κ2) is 24.8. The Labute approximate surface area is 444 Å². The molecule has 408 valence electrons. The minimum atomic E-state index is -4.99. The molecule has 20 nitrogen and oxygen atoms in total. The minimum absolute atomic E-state index is 0. The van der Waals surface area contributed by atoms with Gasteiger partial charge in [-0.2, -0.15) is 0 Å². The molecular formula is C44H72Cl2N8O12P2S4. The molecule has 8 heterocycles. The lowest BCUT2D eigenvalue weighted by Crippen LogP contribution is -2.75. The van der Waals surface area contributed by atoms with Gasteiger partial charge in [0.05, 0.1) is 39.4 Å². The summed E-state index contributed by atoms with van der Waals surface area (Å²) in [4.78, 5) is 43.4. The molecule has 0 saturated carbocycles. The van der Waals surface area contributed by atoms with E-state index in [0.717, 1.165) is 94.7 Å². The first-order valence-corrected chi connectivity index (χ1v) is 32.1. The minimum Gasteiger partial charge on any atom is -0.810 e. The molecule has 2 aromatic carbocycles. The number of rotatable bonds is 24. The first kappa shape index (κ1) is 61.3. The molecule has 0 radical (unpaired) electrons. The van der Waals surface area contributed by atoms with Gasteiger partial charge < -0.3 is 67.6 Å². The standard InChI is InChI=1S/2C22H35N4O6PS2.2ClH/c2*1-18-20-16-19(4-5-21(20)34-22(18)35(30,31)24-17-33(27,28)29)32-15-3-8-26-12-9-25(10-13-26,11-14-26)7-2-6-23;;/h2*4-5,16,24H,2-3,6-15,17,23H2,1H3;2*1H. The Morgan fingerprint density at radius 2 is 0.833 bits per heavy atom. The molecule has 4 bridgehead atoms. The van der Waals surface area contributed by atoms with E-state index in [2.05, 4.69) is 0 Å². The maximum Gasteiger partial charge on any atom is 0.250 e. The molecule has 28 heteroatoms. The van der Waals surface area contributed by atoms with Crippen LogP contribution in [0.3, 0.4) is 0 Å². The molecule has 2 aromatic heterocycles. The second-order valence-corrected chi connectivity index (χ2v) is 28.9.